The van der Waals surface area contributed by atoms with Crippen LogP contribution in [0.5, 0.6) is 5.75 Å². The van der Waals surface area contributed by atoms with Crippen LogP contribution in [0.2, 0.25) is 5.15 Å². The van der Waals surface area contributed by atoms with E-state index in [1.165, 1.54) is 4.88 Å². The van der Waals surface area contributed by atoms with Crippen molar-refractivity contribution in [3.63, 3.8) is 0 Å². The summed E-state index contributed by atoms with van der Waals surface area (Å²) in [6.07, 6.45) is 0.829. The molecule has 1 N–H and O–H groups in total. The van der Waals surface area contributed by atoms with E-state index in [1.807, 2.05) is 19.4 Å². The smallest absolute Gasteiger partial charge is 0.130 e. The Hall–Kier alpha value is -1.04. The van der Waals surface area contributed by atoms with E-state index < -0.39 is 0 Å². The molecule has 2 rings (SSSR count). The second-order valence-corrected chi connectivity index (χ2v) is 5.98. The number of halogens is 1. The van der Waals surface area contributed by atoms with Crippen molar-refractivity contribution in [1.82, 2.24) is 15.1 Å². The van der Waals surface area contributed by atoms with Gasteiger partial charge in [0.2, 0.25) is 0 Å². The van der Waals surface area contributed by atoms with E-state index in [0.29, 0.717) is 5.15 Å². The summed E-state index contributed by atoms with van der Waals surface area (Å²) >= 11 is 8.03. The van der Waals surface area contributed by atoms with Gasteiger partial charge in [-0.05, 0) is 26.0 Å². The van der Waals surface area contributed by atoms with Crippen molar-refractivity contribution in [2.45, 2.75) is 26.3 Å². The van der Waals surface area contributed by atoms with Gasteiger partial charge < -0.3 is 10.1 Å². The highest BCUT2D eigenvalue weighted by atomic mass is 35.5. The summed E-state index contributed by atoms with van der Waals surface area (Å²) in [5.74, 6) is 0.905. The first-order chi connectivity index (χ1) is 9.56. The molecule has 0 aliphatic rings. The van der Waals surface area contributed by atoms with Crippen LogP contribution in [0.25, 0.3) is 0 Å². The summed E-state index contributed by atoms with van der Waals surface area (Å²) < 4.78 is 6.99. The van der Waals surface area contributed by atoms with Gasteiger partial charge in [-0.1, -0.05) is 18.5 Å². The molecule has 20 heavy (non-hydrogen) atoms. The first-order valence-electron chi connectivity index (χ1n) is 6.60. The van der Waals surface area contributed by atoms with Crippen LogP contribution < -0.4 is 10.1 Å². The summed E-state index contributed by atoms with van der Waals surface area (Å²) in [5.41, 5.74) is 2.09. The van der Waals surface area contributed by atoms with Crippen LogP contribution >= 0.6 is 22.9 Å². The summed E-state index contributed by atoms with van der Waals surface area (Å²) in [6.45, 7) is 5.01. The molecule has 0 radical (unpaired) electrons. The van der Waals surface area contributed by atoms with Crippen molar-refractivity contribution in [1.29, 1.82) is 0 Å². The van der Waals surface area contributed by atoms with E-state index >= 15 is 0 Å². The molecule has 0 amide bonds. The predicted molar refractivity (Wildman–Crippen MR) is 83.9 cm³/mol. The number of thiophene rings is 1. The van der Waals surface area contributed by atoms with Crippen molar-refractivity contribution in [2.24, 2.45) is 7.05 Å². The quantitative estimate of drug-likeness (QED) is 0.889. The molecule has 0 fully saturated rings. The van der Waals surface area contributed by atoms with Gasteiger partial charge in [0, 0.05) is 28.9 Å². The standard InChI is InChI=1S/C14H20ClN3OS/c1-5-16-12(13-6-10(19-4)8-20-13)7-11-9(2)17-18(3)14(11)15/h6,8,12,16H,5,7H2,1-4H3. The first kappa shape index (κ1) is 15.4. The summed E-state index contributed by atoms with van der Waals surface area (Å²) in [5, 5.41) is 10.6. The number of rotatable bonds is 6. The third-order valence-electron chi connectivity index (χ3n) is 3.30. The molecule has 0 saturated heterocycles. The predicted octanol–water partition coefficient (Wildman–Crippen LogP) is 3.35. The Morgan fingerprint density at radius 3 is 2.80 bits per heavy atom. The minimum absolute atomic E-state index is 0.231. The maximum absolute atomic E-state index is 6.33. The molecular formula is C14H20ClN3OS. The average Bonchev–Trinajstić information content (AvgIpc) is 2.98. The molecule has 110 valence electrons. The van der Waals surface area contributed by atoms with Crippen LogP contribution in [0.1, 0.15) is 29.1 Å². The van der Waals surface area contributed by atoms with Crippen LogP contribution in [-0.4, -0.2) is 23.4 Å². The fourth-order valence-electron chi connectivity index (χ4n) is 2.25. The molecule has 4 nitrogen and oxygen atoms in total. The van der Waals surface area contributed by atoms with E-state index in [4.69, 9.17) is 16.3 Å². The Morgan fingerprint density at radius 2 is 2.30 bits per heavy atom. The van der Waals surface area contributed by atoms with Crippen LogP contribution in [0, 0.1) is 6.92 Å². The summed E-state index contributed by atoms with van der Waals surface area (Å²) in [6, 6.07) is 2.31. The number of nitrogens with zero attached hydrogens (tertiary/aromatic N) is 2. The van der Waals surface area contributed by atoms with E-state index in [-0.39, 0.29) is 6.04 Å². The van der Waals surface area contributed by atoms with E-state index in [2.05, 4.69) is 23.4 Å². The number of nitrogens with one attached hydrogen (secondary N) is 1. The number of likely N-dealkylation sites (N-methyl/N-ethyl adjacent to an activating group) is 1. The van der Waals surface area contributed by atoms with Crippen molar-refractivity contribution in [3.8, 4) is 5.75 Å². The molecular weight excluding hydrogens is 294 g/mol. The van der Waals surface area contributed by atoms with E-state index in [9.17, 15) is 0 Å². The number of aromatic nitrogens is 2. The van der Waals surface area contributed by atoms with Crippen LogP contribution in [0.15, 0.2) is 11.4 Å². The number of methoxy groups -OCH3 is 1. The topological polar surface area (TPSA) is 39.1 Å². The van der Waals surface area contributed by atoms with Gasteiger partial charge in [0.1, 0.15) is 10.9 Å². The molecule has 2 heterocycles. The maximum atomic E-state index is 6.33. The average molecular weight is 314 g/mol. The highest BCUT2D eigenvalue weighted by Crippen LogP contribution is 2.31. The molecule has 0 saturated carbocycles. The normalized spacial score (nSPS) is 12.7. The lowest BCUT2D eigenvalue weighted by Gasteiger charge is -2.16. The molecule has 0 bridgehead atoms. The second kappa shape index (κ2) is 6.61. The number of aryl methyl sites for hydroxylation is 2. The van der Waals surface area contributed by atoms with Crippen molar-refractivity contribution < 1.29 is 4.74 Å². The molecule has 1 atom stereocenters. The molecule has 0 aliphatic heterocycles. The van der Waals surface area contributed by atoms with Gasteiger partial charge in [-0.2, -0.15) is 5.10 Å². The maximum Gasteiger partial charge on any atom is 0.130 e. The fourth-order valence-corrected chi connectivity index (χ4v) is 3.44. The summed E-state index contributed by atoms with van der Waals surface area (Å²) in [7, 11) is 3.56. The van der Waals surface area contributed by atoms with Gasteiger partial charge in [-0.25, -0.2) is 0 Å². The van der Waals surface area contributed by atoms with Crippen molar-refractivity contribution >= 4 is 22.9 Å². The molecule has 2 aromatic heterocycles. The monoisotopic (exact) mass is 313 g/mol. The zero-order chi connectivity index (χ0) is 14.7. The third-order valence-corrected chi connectivity index (χ3v) is 4.80. The van der Waals surface area contributed by atoms with Gasteiger partial charge in [0.05, 0.1) is 12.8 Å². The van der Waals surface area contributed by atoms with E-state index in [1.54, 1.807) is 23.1 Å². The van der Waals surface area contributed by atoms with Gasteiger partial charge in [0.25, 0.3) is 0 Å². The summed E-state index contributed by atoms with van der Waals surface area (Å²) in [4.78, 5) is 1.25. The number of hydrogen-bond donors (Lipinski definition) is 1. The lowest BCUT2D eigenvalue weighted by molar-refractivity contribution is 0.415. The highest BCUT2D eigenvalue weighted by Gasteiger charge is 2.19. The molecule has 0 aliphatic carbocycles. The second-order valence-electron chi connectivity index (χ2n) is 4.68. The Kier molecular flexibility index (Phi) is 5.07. The van der Waals surface area contributed by atoms with Crippen LogP contribution in [0.3, 0.4) is 0 Å². The highest BCUT2D eigenvalue weighted by molar-refractivity contribution is 7.10. The minimum atomic E-state index is 0.231. The fraction of sp³-hybridized carbons (Fsp3) is 0.500. The van der Waals surface area contributed by atoms with E-state index in [0.717, 1.165) is 30.0 Å². The lowest BCUT2D eigenvalue weighted by Crippen LogP contribution is -2.22. The Labute approximate surface area is 128 Å². The number of ether oxygens (including phenoxy) is 1. The molecule has 0 aromatic carbocycles. The third kappa shape index (κ3) is 3.16. The Balaban J connectivity index is 2.25. The van der Waals surface area contributed by atoms with Crippen LogP contribution in [-0.2, 0) is 13.5 Å². The molecule has 1 unspecified atom stereocenters. The minimum Gasteiger partial charge on any atom is -0.496 e. The van der Waals surface area contributed by atoms with Gasteiger partial charge in [-0.15, -0.1) is 11.3 Å². The Morgan fingerprint density at radius 1 is 1.55 bits per heavy atom. The molecule has 0 spiro atoms. The SMILES string of the molecule is CCNC(Cc1c(C)nn(C)c1Cl)c1cc(OC)cs1. The zero-order valence-corrected chi connectivity index (χ0v) is 13.8. The number of hydrogen-bond acceptors (Lipinski definition) is 4. The van der Waals surface area contributed by atoms with Gasteiger partial charge in [-0.3, -0.25) is 4.68 Å². The van der Waals surface area contributed by atoms with Gasteiger partial charge in [0.15, 0.2) is 0 Å². The first-order valence-corrected chi connectivity index (χ1v) is 7.86. The molecule has 6 heteroatoms. The van der Waals surface area contributed by atoms with Crippen molar-refractivity contribution in [2.75, 3.05) is 13.7 Å². The molecule has 2 aromatic rings. The lowest BCUT2D eigenvalue weighted by atomic mass is 10.1. The van der Waals surface area contributed by atoms with Crippen molar-refractivity contribution in [3.05, 3.63) is 32.7 Å². The Bertz CT molecular complexity index is 579. The zero-order valence-electron chi connectivity index (χ0n) is 12.2. The largest absolute Gasteiger partial charge is 0.496 e. The van der Waals surface area contributed by atoms with Crippen LogP contribution in [0.4, 0.5) is 0 Å². The van der Waals surface area contributed by atoms with Gasteiger partial charge >= 0.3 is 0 Å².